The summed E-state index contributed by atoms with van der Waals surface area (Å²) in [6, 6.07) is 0. The second-order valence-corrected chi connectivity index (χ2v) is 9.44. The molecular weight excluding hydrogens is 324 g/mol. The molecule has 2 N–H and O–H groups in total. The van der Waals surface area contributed by atoms with Crippen LogP contribution in [0.5, 0.6) is 0 Å². The van der Waals surface area contributed by atoms with Crippen LogP contribution >= 0.6 is 0 Å². The van der Waals surface area contributed by atoms with Crippen molar-refractivity contribution in [3.05, 3.63) is 17.6 Å². The third kappa shape index (κ3) is 2.84. The lowest BCUT2D eigenvalue weighted by atomic mass is 9.48. The number of hydrogen-bond acceptors (Lipinski definition) is 5. The molecule has 1 aromatic rings. The van der Waals surface area contributed by atoms with Crippen molar-refractivity contribution in [1.82, 2.24) is 14.9 Å². The number of hydrogen-bond donors (Lipinski definition) is 2. The Kier molecular flexibility index (Phi) is 4.20. The Balaban J connectivity index is 1.28. The van der Waals surface area contributed by atoms with E-state index in [1.54, 1.807) is 6.33 Å². The van der Waals surface area contributed by atoms with Gasteiger partial charge in [0.05, 0.1) is 11.8 Å². The van der Waals surface area contributed by atoms with Crippen molar-refractivity contribution < 1.29 is 5.11 Å². The van der Waals surface area contributed by atoms with Gasteiger partial charge in [-0.2, -0.15) is 0 Å². The Hall–Kier alpha value is -1.20. The van der Waals surface area contributed by atoms with Crippen LogP contribution in [0.4, 0.5) is 5.82 Å². The third-order valence-electron chi connectivity index (χ3n) is 7.79. The highest BCUT2D eigenvalue weighted by molar-refractivity contribution is 5.47. The Morgan fingerprint density at radius 1 is 1.19 bits per heavy atom. The molecule has 26 heavy (non-hydrogen) atoms. The molecule has 1 aliphatic heterocycles. The standard InChI is InChI=1S/C21H32N4O/c1-2-25-4-3-17-18(12-25)23-13-24-20(17)22-11-19(26)21-8-14-5-15(9-21)7-16(6-14)10-21/h13-16,19,26H,2-12H2,1H3,(H,22,23,24). The Bertz CT molecular complexity index is 641. The highest BCUT2D eigenvalue weighted by Crippen LogP contribution is 2.61. The molecule has 6 rings (SSSR count). The van der Waals surface area contributed by atoms with Crippen molar-refractivity contribution >= 4 is 5.82 Å². The number of aromatic nitrogens is 2. The van der Waals surface area contributed by atoms with E-state index in [1.165, 1.54) is 44.1 Å². The summed E-state index contributed by atoms with van der Waals surface area (Å²) in [5, 5.41) is 14.7. The summed E-state index contributed by atoms with van der Waals surface area (Å²) in [6.07, 6.45) is 10.4. The van der Waals surface area contributed by atoms with E-state index in [2.05, 4.69) is 27.1 Å². The minimum atomic E-state index is -0.253. The van der Waals surface area contributed by atoms with Crippen molar-refractivity contribution in [3.8, 4) is 0 Å². The zero-order valence-corrected chi connectivity index (χ0v) is 16.0. The largest absolute Gasteiger partial charge is 0.391 e. The van der Waals surface area contributed by atoms with Gasteiger partial charge in [0.2, 0.25) is 0 Å². The molecule has 4 saturated carbocycles. The topological polar surface area (TPSA) is 61.3 Å². The molecule has 0 saturated heterocycles. The molecule has 142 valence electrons. The van der Waals surface area contributed by atoms with Crippen LogP contribution in [0.2, 0.25) is 0 Å². The molecule has 4 fully saturated rings. The molecule has 5 aliphatic rings. The van der Waals surface area contributed by atoms with Gasteiger partial charge >= 0.3 is 0 Å². The van der Waals surface area contributed by atoms with Gasteiger partial charge in [0.15, 0.2) is 0 Å². The molecule has 1 aromatic heterocycles. The average molecular weight is 357 g/mol. The molecule has 0 radical (unpaired) electrons. The maximum absolute atomic E-state index is 11.1. The number of likely N-dealkylation sites (N-methyl/N-ethyl adjacent to an activating group) is 1. The first-order valence-electron chi connectivity index (χ1n) is 10.6. The fraction of sp³-hybridized carbons (Fsp3) is 0.810. The first-order chi connectivity index (χ1) is 12.6. The van der Waals surface area contributed by atoms with Gasteiger partial charge in [0.1, 0.15) is 12.1 Å². The molecule has 5 nitrogen and oxygen atoms in total. The second kappa shape index (κ2) is 6.45. The Morgan fingerprint density at radius 3 is 2.54 bits per heavy atom. The van der Waals surface area contributed by atoms with Crippen LogP contribution in [0.3, 0.4) is 0 Å². The van der Waals surface area contributed by atoms with Gasteiger partial charge in [-0.05, 0) is 74.7 Å². The summed E-state index contributed by atoms with van der Waals surface area (Å²) < 4.78 is 0. The molecule has 4 aliphatic carbocycles. The molecule has 1 atom stereocenters. The predicted octanol–water partition coefficient (Wildman–Crippen LogP) is 2.84. The molecule has 0 spiro atoms. The lowest BCUT2D eigenvalue weighted by Crippen LogP contribution is -2.53. The highest BCUT2D eigenvalue weighted by atomic mass is 16.3. The normalized spacial score (nSPS) is 36.8. The van der Waals surface area contributed by atoms with Crippen LogP contribution in [0.25, 0.3) is 0 Å². The summed E-state index contributed by atoms with van der Waals surface area (Å²) >= 11 is 0. The Morgan fingerprint density at radius 2 is 1.88 bits per heavy atom. The van der Waals surface area contributed by atoms with Crippen molar-refractivity contribution in [3.63, 3.8) is 0 Å². The summed E-state index contributed by atoms with van der Waals surface area (Å²) in [5.74, 6) is 3.59. The maximum atomic E-state index is 11.1. The summed E-state index contributed by atoms with van der Waals surface area (Å²) in [7, 11) is 0. The summed E-state index contributed by atoms with van der Waals surface area (Å²) in [4.78, 5) is 11.4. The lowest BCUT2D eigenvalue weighted by molar-refractivity contribution is -0.115. The van der Waals surface area contributed by atoms with Gasteiger partial charge < -0.3 is 10.4 Å². The molecule has 0 aromatic carbocycles. The molecule has 1 unspecified atom stereocenters. The summed E-state index contributed by atoms with van der Waals surface area (Å²) in [6.45, 7) is 5.89. The monoisotopic (exact) mass is 356 g/mol. The fourth-order valence-electron chi connectivity index (χ4n) is 6.83. The molecule has 4 bridgehead atoms. The number of fused-ring (bicyclic) bond motifs is 1. The van der Waals surface area contributed by atoms with Crippen LogP contribution in [0.15, 0.2) is 6.33 Å². The van der Waals surface area contributed by atoms with Crippen LogP contribution in [0.1, 0.15) is 56.7 Å². The first kappa shape index (κ1) is 16.9. The zero-order valence-electron chi connectivity index (χ0n) is 16.0. The number of rotatable bonds is 5. The highest BCUT2D eigenvalue weighted by Gasteiger charge is 2.53. The quantitative estimate of drug-likeness (QED) is 0.849. The van der Waals surface area contributed by atoms with Gasteiger partial charge in [0.25, 0.3) is 0 Å². The average Bonchev–Trinajstić information content (AvgIpc) is 2.64. The van der Waals surface area contributed by atoms with Crippen LogP contribution < -0.4 is 5.32 Å². The van der Waals surface area contributed by atoms with E-state index in [0.717, 1.165) is 55.3 Å². The summed E-state index contributed by atoms with van der Waals surface area (Å²) in [5.41, 5.74) is 2.59. The smallest absolute Gasteiger partial charge is 0.133 e. The van der Waals surface area contributed by atoms with Crippen molar-refractivity contribution in [2.24, 2.45) is 23.2 Å². The van der Waals surface area contributed by atoms with Crippen LogP contribution in [-0.4, -0.2) is 45.7 Å². The minimum absolute atomic E-state index is 0.174. The molecule has 0 amide bonds. The minimum Gasteiger partial charge on any atom is -0.391 e. The second-order valence-electron chi connectivity index (χ2n) is 9.44. The fourth-order valence-corrected chi connectivity index (χ4v) is 6.83. The maximum Gasteiger partial charge on any atom is 0.133 e. The van der Waals surface area contributed by atoms with E-state index in [4.69, 9.17) is 0 Å². The third-order valence-corrected chi connectivity index (χ3v) is 7.79. The molecular formula is C21H32N4O. The van der Waals surface area contributed by atoms with Crippen molar-refractivity contribution in [2.45, 2.75) is 64.5 Å². The number of anilines is 1. The van der Waals surface area contributed by atoms with E-state index < -0.39 is 0 Å². The van der Waals surface area contributed by atoms with Gasteiger partial charge in [-0.3, -0.25) is 4.90 Å². The lowest BCUT2D eigenvalue weighted by Gasteiger charge is -2.58. The van der Waals surface area contributed by atoms with E-state index in [0.29, 0.717) is 6.54 Å². The van der Waals surface area contributed by atoms with Gasteiger partial charge in [-0.15, -0.1) is 0 Å². The molecule has 5 heteroatoms. The van der Waals surface area contributed by atoms with Crippen LogP contribution in [-0.2, 0) is 13.0 Å². The number of nitrogens with zero attached hydrogens (tertiary/aromatic N) is 3. The Labute approximate surface area is 156 Å². The first-order valence-corrected chi connectivity index (χ1v) is 10.6. The zero-order chi connectivity index (χ0) is 17.7. The van der Waals surface area contributed by atoms with E-state index in [-0.39, 0.29) is 11.5 Å². The van der Waals surface area contributed by atoms with E-state index in [1.807, 2.05) is 0 Å². The number of nitrogens with one attached hydrogen (secondary N) is 1. The van der Waals surface area contributed by atoms with Gasteiger partial charge in [-0.1, -0.05) is 6.92 Å². The predicted molar refractivity (Wildman–Crippen MR) is 102 cm³/mol. The van der Waals surface area contributed by atoms with E-state index in [9.17, 15) is 5.11 Å². The van der Waals surface area contributed by atoms with E-state index >= 15 is 0 Å². The number of aliphatic hydroxyl groups is 1. The molecule has 2 heterocycles. The van der Waals surface area contributed by atoms with Gasteiger partial charge in [0, 0.05) is 25.2 Å². The van der Waals surface area contributed by atoms with Gasteiger partial charge in [-0.25, -0.2) is 9.97 Å². The van der Waals surface area contributed by atoms with Crippen molar-refractivity contribution in [2.75, 3.05) is 25.0 Å². The van der Waals surface area contributed by atoms with Crippen molar-refractivity contribution in [1.29, 1.82) is 0 Å². The SMILES string of the molecule is CCN1CCc2c(ncnc2NCC(O)C23CC4CC(CC(C4)C2)C3)C1. The number of aliphatic hydroxyl groups excluding tert-OH is 1. The van der Waals surface area contributed by atoms with Crippen LogP contribution in [0, 0.1) is 23.2 Å².